The molecule has 0 N–H and O–H groups in total. The van der Waals surface area contributed by atoms with E-state index >= 15 is 0 Å². The van der Waals surface area contributed by atoms with E-state index in [1.165, 1.54) is 6.92 Å². The Balaban J connectivity index is 2.01. The van der Waals surface area contributed by atoms with Gasteiger partial charge in [-0.05, 0) is 25.8 Å². The van der Waals surface area contributed by atoms with Gasteiger partial charge in [0.2, 0.25) is 0 Å². The molecule has 27 heavy (non-hydrogen) atoms. The zero-order valence-corrected chi connectivity index (χ0v) is 15.3. The molecule has 1 aliphatic heterocycles. The molecule has 0 spiro atoms. The lowest BCUT2D eigenvalue weighted by Gasteiger charge is -2.34. The second-order valence-electron chi connectivity index (χ2n) is 6.33. The molecular formula is C18H18ClF3N2O3. The number of benzene rings is 1. The minimum Gasteiger partial charge on any atom is -0.381 e. The normalized spacial score (nSPS) is 15.7. The molecule has 2 heterocycles. The van der Waals surface area contributed by atoms with Crippen LogP contribution in [-0.2, 0) is 4.74 Å². The van der Waals surface area contributed by atoms with Crippen molar-refractivity contribution in [3.8, 4) is 11.3 Å². The average Bonchev–Trinajstić information content (AvgIpc) is 3.01. The highest BCUT2D eigenvalue weighted by Crippen LogP contribution is 2.33. The van der Waals surface area contributed by atoms with Crippen molar-refractivity contribution in [1.29, 1.82) is 0 Å². The van der Waals surface area contributed by atoms with Crippen molar-refractivity contribution < 1.29 is 27.2 Å². The standard InChI is InChI=1S/C18H18ClF3N2O3/c1-11-15(16(23-27-11)13-4-2-3-5-14(13)19)17(25)24(10-18(20,21)22)12-6-8-26-9-7-12/h2-5,12H,6-10H2,1H3. The van der Waals surface area contributed by atoms with Gasteiger partial charge in [0.1, 0.15) is 23.6 Å². The molecule has 3 rings (SSSR count). The van der Waals surface area contributed by atoms with Crippen LogP contribution in [0.15, 0.2) is 28.8 Å². The monoisotopic (exact) mass is 402 g/mol. The molecule has 0 aliphatic carbocycles. The van der Waals surface area contributed by atoms with Crippen molar-refractivity contribution >= 4 is 17.5 Å². The minimum atomic E-state index is -4.52. The van der Waals surface area contributed by atoms with Crippen molar-refractivity contribution in [2.75, 3.05) is 19.8 Å². The molecule has 9 heteroatoms. The summed E-state index contributed by atoms with van der Waals surface area (Å²) in [4.78, 5) is 14.0. The molecule has 0 unspecified atom stereocenters. The predicted octanol–water partition coefficient (Wildman–Crippen LogP) is 4.49. The molecule has 146 valence electrons. The highest BCUT2D eigenvalue weighted by molar-refractivity contribution is 6.33. The summed E-state index contributed by atoms with van der Waals surface area (Å²) < 4.78 is 49.8. The number of aryl methyl sites for hydroxylation is 1. The molecule has 1 saturated heterocycles. The molecule has 1 aromatic heterocycles. The fraction of sp³-hybridized carbons (Fsp3) is 0.444. The molecular weight excluding hydrogens is 385 g/mol. The number of aromatic nitrogens is 1. The second kappa shape index (κ2) is 7.90. The van der Waals surface area contributed by atoms with Crippen molar-refractivity contribution in [3.05, 3.63) is 40.6 Å². The summed E-state index contributed by atoms with van der Waals surface area (Å²) in [5.41, 5.74) is 0.569. The first-order valence-electron chi connectivity index (χ1n) is 8.44. The number of hydrogen-bond donors (Lipinski definition) is 0. The van der Waals surface area contributed by atoms with Crippen LogP contribution in [0, 0.1) is 6.92 Å². The van der Waals surface area contributed by atoms with Crippen LogP contribution >= 0.6 is 11.6 Å². The molecule has 0 saturated carbocycles. The van der Waals surface area contributed by atoms with Crippen LogP contribution in [0.5, 0.6) is 0 Å². The first-order chi connectivity index (χ1) is 12.8. The third-order valence-electron chi connectivity index (χ3n) is 4.45. The SMILES string of the molecule is Cc1onc(-c2ccccc2Cl)c1C(=O)N(CC(F)(F)F)C1CCOCC1. The maximum atomic E-state index is 13.2. The van der Waals surface area contributed by atoms with E-state index in [1.807, 2.05) is 0 Å². The quantitative estimate of drug-likeness (QED) is 0.756. The van der Waals surface area contributed by atoms with Crippen LogP contribution in [0.4, 0.5) is 13.2 Å². The zero-order chi connectivity index (χ0) is 19.6. The lowest BCUT2D eigenvalue weighted by molar-refractivity contribution is -0.147. The van der Waals surface area contributed by atoms with E-state index in [9.17, 15) is 18.0 Å². The lowest BCUT2D eigenvalue weighted by Crippen LogP contribution is -2.48. The molecule has 1 aliphatic rings. The van der Waals surface area contributed by atoms with E-state index in [4.69, 9.17) is 20.9 Å². The third kappa shape index (κ3) is 4.44. The molecule has 0 radical (unpaired) electrons. The van der Waals surface area contributed by atoms with Crippen molar-refractivity contribution in [2.45, 2.75) is 32.0 Å². The Kier molecular flexibility index (Phi) is 5.76. The number of halogens is 4. The maximum absolute atomic E-state index is 13.2. The molecule has 1 amide bonds. The van der Waals surface area contributed by atoms with E-state index in [0.717, 1.165) is 4.90 Å². The van der Waals surface area contributed by atoms with Crippen LogP contribution in [-0.4, -0.2) is 47.9 Å². The number of alkyl halides is 3. The van der Waals surface area contributed by atoms with Gasteiger partial charge in [-0.2, -0.15) is 13.2 Å². The van der Waals surface area contributed by atoms with Crippen molar-refractivity contribution in [3.63, 3.8) is 0 Å². The summed E-state index contributed by atoms with van der Waals surface area (Å²) in [5.74, 6) is -0.623. The predicted molar refractivity (Wildman–Crippen MR) is 92.6 cm³/mol. The molecule has 0 bridgehead atoms. The fourth-order valence-corrected chi connectivity index (χ4v) is 3.39. The Hall–Kier alpha value is -2.06. The van der Waals surface area contributed by atoms with Crippen LogP contribution < -0.4 is 0 Å². The highest BCUT2D eigenvalue weighted by atomic mass is 35.5. The summed E-state index contributed by atoms with van der Waals surface area (Å²) >= 11 is 6.18. The van der Waals surface area contributed by atoms with Crippen LogP contribution in [0.2, 0.25) is 5.02 Å². The van der Waals surface area contributed by atoms with E-state index in [0.29, 0.717) is 36.6 Å². The Morgan fingerprint density at radius 2 is 1.96 bits per heavy atom. The molecule has 0 atom stereocenters. The summed E-state index contributed by atoms with van der Waals surface area (Å²) in [5, 5.41) is 4.21. The van der Waals surface area contributed by atoms with Gasteiger partial charge in [-0.1, -0.05) is 35.0 Å². The van der Waals surface area contributed by atoms with E-state index < -0.39 is 24.7 Å². The molecule has 1 fully saturated rings. The van der Waals surface area contributed by atoms with Crippen LogP contribution in [0.3, 0.4) is 0 Å². The maximum Gasteiger partial charge on any atom is 0.406 e. The largest absolute Gasteiger partial charge is 0.406 e. The summed E-state index contributed by atoms with van der Waals surface area (Å²) in [6.07, 6.45) is -3.84. The Labute approximate surface area is 159 Å². The first kappa shape index (κ1) is 19.7. The summed E-state index contributed by atoms with van der Waals surface area (Å²) in [6.45, 7) is 0.776. The topological polar surface area (TPSA) is 55.6 Å². The Morgan fingerprint density at radius 3 is 2.59 bits per heavy atom. The average molecular weight is 403 g/mol. The lowest BCUT2D eigenvalue weighted by atomic mass is 10.0. The summed E-state index contributed by atoms with van der Waals surface area (Å²) in [7, 11) is 0. The zero-order valence-electron chi connectivity index (χ0n) is 14.6. The Morgan fingerprint density at radius 1 is 1.30 bits per heavy atom. The van der Waals surface area contributed by atoms with E-state index in [-0.39, 0.29) is 17.0 Å². The smallest absolute Gasteiger partial charge is 0.381 e. The van der Waals surface area contributed by atoms with Crippen molar-refractivity contribution in [2.24, 2.45) is 0 Å². The number of rotatable bonds is 4. The van der Waals surface area contributed by atoms with Crippen LogP contribution in [0.25, 0.3) is 11.3 Å². The minimum absolute atomic E-state index is 0.00107. The van der Waals surface area contributed by atoms with Gasteiger partial charge in [-0.15, -0.1) is 0 Å². The number of carbonyl (C=O) groups is 1. The molecule has 1 aromatic carbocycles. The van der Waals surface area contributed by atoms with Crippen LogP contribution in [0.1, 0.15) is 29.0 Å². The van der Waals surface area contributed by atoms with Gasteiger partial charge < -0.3 is 14.2 Å². The van der Waals surface area contributed by atoms with Gasteiger partial charge in [-0.25, -0.2) is 0 Å². The number of ether oxygens (including phenoxy) is 1. The van der Waals surface area contributed by atoms with Gasteiger partial charge in [-0.3, -0.25) is 4.79 Å². The number of hydrogen-bond acceptors (Lipinski definition) is 4. The van der Waals surface area contributed by atoms with E-state index in [2.05, 4.69) is 5.16 Å². The fourth-order valence-electron chi connectivity index (χ4n) is 3.16. The summed E-state index contributed by atoms with van der Waals surface area (Å²) in [6, 6.07) is 6.09. The second-order valence-corrected chi connectivity index (χ2v) is 6.74. The molecule has 5 nitrogen and oxygen atoms in total. The third-order valence-corrected chi connectivity index (χ3v) is 4.78. The van der Waals surface area contributed by atoms with Gasteiger partial charge in [0, 0.05) is 24.8 Å². The number of carbonyl (C=O) groups excluding carboxylic acids is 1. The number of nitrogens with zero attached hydrogens (tertiary/aromatic N) is 2. The van der Waals surface area contributed by atoms with Crippen molar-refractivity contribution in [1.82, 2.24) is 10.1 Å². The Bertz CT molecular complexity index is 816. The van der Waals surface area contributed by atoms with Gasteiger partial charge in [0.25, 0.3) is 5.91 Å². The number of amides is 1. The van der Waals surface area contributed by atoms with Gasteiger partial charge >= 0.3 is 6.18 Å². The first-order valence-corrected chi connectivity index (χ1v) is 8.82. The molecule has 2 aromatic rings. The van der Waals surface area contributed by atoms with Gasteiger partial charge in [0.05, 0.1) is 5.02 Å². The van der Waals surface area contributed by atoms with Gasteiger partial charge in [0.15, 0.2) is 0 Å². The highest BCUT2D eigenvalue weighted by Gasteiger charge is 2.39. The van der Waals surface area contributed by atoms with E-state index in [1.54, 1.807) is 24.3 Å².